The minimum atomic E-state index is 0.759. The van der Waals surface area contributed by atoms with Crippen molar-refractivity contribution < 1.29 is 8.83 Å². The smallest absolute Gasteiger partial charge is 0.160 e. The van der Waals surface area contributed by atoms with Crippen molar-refractivity contribution in [2.45, 2.75) is 0 Å². The first kappa shape index (κ1) is 23.9. The molecular weight excluding hydrogens is 530 g/mol. The lowest BCUT2D eigenvalue weighted by molar-refractivity contribution is 0.604. The summed E-state index contributed by atoms with van der Waals surface area (Å²) in [7, 11) is 0. The molecule has 43 heavy (non-hydrogen) atoms. The first-order chi connectivity index (χ1) is 21.3. The summed E-state index contributed by atoms with van der Waals surface area (Å²) in [5, 5.41) is 8.99. The Morgan fingerprint density at radius 3 is 2.33 bits per heavy atom. The average molecular weight is 556 g/mol. The van der Waals surface area contributed by atoms with Gasteiger partial charge in [0.15, 0.2) is 22.5 Å². The molecule has 0 saturated heterocycles. The highest BCUT2D eigenvalue weighted by atomic mass is 16.3. The fourth-order valence-corrected chi connectivity index (χ4v) is 6.43. The molecule has 0 fully saturated rings. The number of rotatable bonds is 4. The second kappa shape index (κ2) is 9.36. The van der Waals surface area contributed by atoms with E-state index in [0.717, 1.165) is 84.5 Å². The third-order valence-corrected chi connectivity index (χ3v) is 8.34. The van der Waals surface area contributed by atoms with Crippen molar-refractivity contribution in [3.05, 3.63) is 133 Å². The van der Waals surface area contributed by atoms with Crippen LogP contribution >= 0.6 is 0 Å². The van der Waals surface area contributed by atoms with Crippen LogP contribution in [0.4, 0.5) is 22.7 Å². The lowest BCUT2D eigenvalue weighted by Crippen LogP contribution is -2.11. The Morgan fingerprint density at radius 2 is 1.44 bits per heavy atom. The molecule has 8 aromatic rings. The van der Waals surface area contributed by atoms with Crippen molar-refractivity contribution in [1.82, 2.24) is 4.98 Å². The van der Waals surface area contributed by atoms with E-state index < -0.39 is 0 Å². The maximum absolute atomic E-state index is 6.59. The number of pyridine rings is 1. The third kappa shape index (κ3) is 3.68. The zero-order valence-electron chi connectivity index (χ0n) is 23.1. The molecule has 0 atom stereocenters. The van der Waals surface area contributed by atoms with E-state index >= 15 is 0 Å². The van der Waals surface area contributed by atoms with E-state index in [4.69, 9.17) is 8.83 Å². The van der Waals surface area contributed by atoms with Gasteiger partial charge in [-0.1, -0.05) is 78.9 Å². The molecule has 204 valence electrons. The molecule has 0 saturated carbocycles. The summed E-state index contributed by atoms with van der Waals surface area (Å²) >= 11 is 0. The molecule has 5 aromatic carbocycles. The van der Waals surface area contributed by atoms with Gasteiger partial charge in [-0.25, -0.2) is 0 Å². The van der Waals surface area contributed by atoms with Crippen molar-refractivity contribution >= 4 is 72.5 Å². The Kier molecular flexibility index (Phi) is 5.19. The largest absolute Gasteiger partial charge is 0.452 e. The fraction of sp³-hybridized carbons (Fsp3) is 0.0263. The summed E-state index contributed by atoms with van der Waals surface area (Å²) in [5.74, 6) is 0.838. The van der Waals surface area contributed by atoms with E-state index in [1.807, 2.05) is 12.3 Å². The van der Waals surface area contributed by atoms with Crippen LogP contribution in [0.1, 0.15) is 5.76 Å². The SMILES string of the molecule is C1=Cc2oc3c(N(c4cc(-c5ccccc5)c5ccccc5c4)c4cccc5c4oc4cnccc45)cccc3c2NC1. The van der Waals surface area contributed by atoms with E-state index in [9.17, 15) is 0 Å². The van der Waals surface area contributed by atoms with Crippen molar-refractivity contribution in [3.63, 3.8) is 0 Å². The molecule has 0 amide bonds. The molecular formula is C38H25N3O2. The summed E-state index contributed by atoms with van der Waals surface area (Å²) in [4.78, 5) is 6.60. The predicted octanol–water partition coefficient (Wildman–Crippen LogP) is 10.5. The Bertz CT molecular complexity index is 2360. The Morgan fingerprint density at radius 1 is 0.674 bits per heavy atom. The van der Waals surface area contributed by atoms with Crippen molar-refractivity contribution in [2.24, 2.45) is 0 Å². The minimum absolute atomic E-state index is 0.759. The first-order valence-electron chi connectivity index (χ1n) is 14.4. The number of hydrogen-bond donors (Lipinski definition) is 1. The van der Waals surface area contributed by atoms with Gasteiger partial charge in [0.05, 0.1) is 23.3 Å². The number of benzene rings is 5. The van der Waals surface area contributed by atoms with Gasteiger partial charge < -0.3 is 19.1 Å². The summed E-state index contributed by atoms with van der Waals surface area (Å²) in [6.07, 6.45) is 7.73. The van der Waals surface area contributed by atoms with E-state index in [0.29, 0.717) is 0 Å². The van der Waals surface area contributed by atoms with E-state index in [1.165, 1.54) is 5.39 Å². The highest BCUT2D eigenvalue weighted by Gasteiger charge is 2.25. The van der Waals surface area contributed by atoms with Crippen LogP contribution in [-0.4, -0.2) is 11.5 Å². The molecule has 1 N–H and O–H groups in total. The van der Waals surface area contributed by atoms with Crippen LogP contribution in [0.25, 0.3) is 60.9 Å². The van der Waals surface area contributed by atoms with Crippen LogP contribution in [-0.2, 0) is 0 Å². The summed E-state index contributed by atoms with van der Waals surface area (Å²) < 4.78 is 13.1. The van der Waals surface area contributed by atoms with Gasteiger partial charge in [0.1, 0.15) is 0 Å². The second-order valence-electron chi connectivity index (χ2n) is 10.8. The molecule has 1 aliphatic heterocycles. The van der Waals surface area contributed by atoms with E-state index in [1.54, 1.807) is 6.20 Å². The number of nitrogens with zero attached hydrogens (tertiary/aromatic N) is 2. The van der Waals surface area contributed by atoms with Gasteiger partial charge in [-0.05, 0) is 64.4 Å². The van der Waals surface area contributed by atoms with Crippen LogP contribution in [0.3, 0.4) is 0 Å². The molecule has 4 heterocycles. The molecule has 5 nitrogen and oxygen atoms in total. The topological polar surface area (TPSA) is 54.4 Å². The van der Waals surface area contributed by atoms with E-state index in [2.05, 4.69) is 130 Å². The van der Waals surface area contributed by atoms with Crippen LogP contribution in [0.5, 0.6) is 0 Å². The van der Waals surface area contributed by atoms with Crippen LogP contribution in [0.15, 0.2) is 136 Å². The van der Waals surface area contributed by atoms with Gasteiger partial charge in [-0.3, -0.25) is 4.98 Å². The summed E-state index contributed by atoms with van der Waals surface area (Å²) in [6.45, 7) is 0.771. The molecule has 5 heteroatoms. The molecule has 9 rings (SSSR count). The fourth-order valence-electron chi connectivity index (χ4n) is 6.43. The maximum atomic E-state index is 6.59. The average Bonchev–Trinajstić information content (AvgIpc) is 3.65. The zero-order chi connectivity index (χ0) is 28.3. The van der Waals surface area contributed by atoms with Crippen LogP contribution in [0, 0.1) is 0 Å². The van der Waals surface area contributed by atoms with Gasteiger partial charge in [0.25, 0.3) is 0 Å². The second-order valence-corrected chi connectivity index (χ2v) is 10.8. The normalized spacial score (nSPS) is 12.7. The van der Waals surface area contributed by atoms with Gasteiger partial charge in [-0.2, -0.15) is 0 Å². The van der Waals surface area contributed by atoms with Gasteiger partial charge in [0.2, 0.25) is 0 Å². The Balaban J connectivity index is 1.39. The number of fused-ring (bicyclic) bond motifs is 7. The van der Waals surface area contributed by atoms with E-state index in [-0.39, 0.29) is 0 Å². The van der Waals surface area contributed by atoms with Crippen LogP contribution < -0.4 is 10.2 Å². The van der Waals surface area contributed by atoms with Crippen molar-refractivity contribution in [2.75, 3.05) is 16.8 Å². The lowest BCUT2D eigenvalue weighted by atomic mass is 9.96. The molecule has 0 radical (unpaired) electrons. The van der Waals surface area contributed by atoms with Gasteiger partial charge >= 0.3 is 0 Å². The number of furan rings is 2. The number of nitrogens with one attached hydrogen (secondary N) is 1. The van der Waals surface area contributed by atoms with Crippen molar-refractivity contribution in [3.8, 4) is 11.1 Å². The highest BCUT2D eigenvalue weighted by Crippen LogP contribution is 2.48. The molecule has 0 aliphatic carbocycles. The van der Waals surface area contributed by atoms with Crippen molar-refractivity contribution in [1.29, 1.82) is 0 Å². The molecule has 3 aromatic heterocycles. The highest BCUT2D eigenvalue weighted by molar-refractivity contribution is 6.13. The number of aromatic nitrogens is 1. The minimum Gasteiger partial charge on any atom is -0.452 e. The monoisotopic (exact) mass is 555 g/mol. The Hall–Kier alpha value is -5.81. The zero-order valence-corrected chi connectivity index (χ0v) is 23.1. The van der Waals surface area contributed by atoms with Crippen LogP contribution in [0.2, 0.25) is 0 Å². The molecule has 0 spiro atoms. The van der Waals surface area contributed by atoms with Gasteiger partial charge in [0, 0.05) is 34.6 Å². The molecule has 0 bridgehead atoms. The molecule has 0 unspecified atom stereocenters. The quantitative estimate of drug-likeness (QED) is 0.234. The summed E-state index contributed by atoms with van der Waals surface area (Å²) in [6, 6.07) is 38.4. The predicted molar refractivity (Wildman–Crippen MR) is 176 cm³/mol. The molecule has 1 aliphatic rings. The Labute approximate surface area is 247 Å². The lowest BCUT2D eigenvalue weighted by Gasteiger charge is -2.27. The summed E-state index contributed by atoms with van der Waals surface area (Å²) in [5.41, 5.74) is 8.58. The third-order valence-electron chi connectivity index (χ3n) is 8.34. The number of para-hydroxylation sites is 2. The standard InChI is InChI=1S/C38H25N3O2/c1-2-9-24(10-3-1)31-22-26(21-25-11-4-5-12-27(25)31)41(32-15-6-13-29-28-18-20-39-23-35(28)43-37(29)32)33-16-7-14-30-36-34(42-38(30)33)17-8-19-40-36/h1-18,20-23,40H,19H2. The number of hydrogen-bond acceptors (Lipinski definition) is 5. The first-order valence-corrected chi connectivity index (χ1v) is 14.4. The number of anilines is 4. The maximum Gasteiger partial charge on any atom is 0.160 e. The van der Waals surface area contributed by atoms with Gasteiger partial charge in [-0.15, -0.1) is 0 Å².